The van der Waals surface area contributed by atoms with Gasteiger partial charge in [-0.05, 0) is 42.3 Å². The van der Waals surface area contributed by atoms with E-state index in [1.807, 2.05) is 31.2 Å². The Morgan fingerprint density at radius 1 is 1.21 bits per heavy atom. The van der Waals surface area contributed by atoms with Crippen LogP contribution in [0.5, 0.6) is 11.5 Å². The summed E-state index contributed by atoms with van der Waals surface area (Å²) in [6.07, 6.45) is 0. The van der Waals surface area contributed by atoms with E-state index in [-0.39, 0.29) is 5.75 Å². The van der Waals surface area contributed by atoms with Crippen LogP contribution in [0.25, 0.3) is 0 Å². The molecule has 0 fully saturated rings. The fraction of sp³-hybridized carbons (Fsp3) is 0.200. The van der Waals surface area contributed by atoms with Gasteiger partial charge in [0.25, 0.3) is 0 Å². The molecule has 0 aliphatic carbocycles. The number of ether oxygens (including phenoxy) is 1. The summed E-state index contributed by atoms with van der Waals surface area (Å²) in [5, 5.41) is 10.2. The zero-order valence-electron chi connectivity index (χ0n) is 10.8. The van der Waals surface area contributed by atoms with E-state index >= 15 is 0 Å². The highest BCUT2D eigenvalue weighted by Crippen LogP contribution is 2.33. The highest BCUT2D eigenvalue weighted by Gasteiger charge is 2.06. The van der Waals surface area contributed by atoms with E-state index in [0.717, 1.165) is 22.0 Å². The van der Waals surface area contributed by atoms with Gasteiger partial charge in [0, 0.05) is 15.7 Å². The largest absolute Gasteiger partial charge is 0.508 e. The predicted molar refractivity (Wildman–Crippen MR) is 80.4 cm³/mol. The second-order valence-corrected chi connectivity index (χ2v) is 5.61. The number of phenols is 1. The fourth-order valence-electron chi connectivity index (χ4n) is 1.67. The van der Waals surface area contributed by atoms with Crippen molar-refractivity contribution in [3.05, 3.63) is 52.5 Å². The van der Waals surface area contributed by atoms with E-state index in [2.05, 4.69) is 0 Å². The molecule has 0 aliphatic heterocycles. The first-order chi connectivity index (χ1) is 9.10. The lowest BCUT2D eigenvalue weighted by Crippen LogP contribution is -1.86. The maximum atomic E-state index is 9.57. The van der Waals surface area contributed by atoms with Crippen LogP contribution < -0.4 is 4.74 Å². The number of aromatic hydroxyl groups is 1. The van der Waals surface area contributed by atoms with Crippen LogP contribution >= 0.6 is 23.4 Å². The molecule has 0 unspecified atom stereocenters. The lowest BCUT2D eigenvalue weighted by atomic mass is 10.2. The second-order valence-electron chi connectivity index (χ2n) is 4.19. The Bertz CT molecular complexity index is 567. The lowest BCUT2D eigenvalue weighted by Gasteiger charge is -2.08. The molecule has 2 aromatic rings. The summed E-state index contributed by atoms with van der Waals surface area (Å²) in [5.74, 6) is 1.88. The van der Waals surface area contributed by atoms with Crippen molar-refractivity contribution in [1.29, 1.82) is 0 Å². The highest BCUT2D eigenvalue weighted by atomic mass is 35.5. The Labute approximate surface area is 122 Å². The molecule has 0 aromatic heterocycles. The van der Waals surface area contributed by atoms with Gasteiger partial charge in [0.2, 0.25) is 0 Å². The molecule has 100 valence electrons. The number of phenolic OH excluding ortho intramolecular Hbond substituents is 1. The molecule has 0 saturated heterocycles. The smallest absolute Gasteiger partial charge is 0.118 e. The normalized spacial score (nSPS) is 10.5. The van der Waals surface area contributed by atoms with Crippen molar-refractivity contribution in [2.45, 2.75) is 17.6 Å². The summed E-state index contributed by atoms with van der Waals surface area (Å²) in [5.41, 5.74) is 2.20. The average molecular weight is 295 g/mol. The van der Waals surface area contributed by atoms with Crippen molar-refractivity contribution in [1.82, 2.24) is 0 Å². The third-order valence-electron chi connectivity index (χ3n) is 2.83. The van der Waals surface area contributed by atoms with Crippen molar-refractivity contribution in [2.24, 2.45) is 0 Å². The topological polar surface area (TPSA) is 29.5 Å². The molecule has 0 atom stereocenters. The quantitative estimate of drug-likeness (QED) is 0.832. The van der Waals surface area contributed by atoms with Crippen molar-refractivity contribution in [3.8, 4) is 11.5 Å². The van der Waals surface area contributed by atoms with Crippen LogP contribution in [0.3, 0.4) is 0 Å². The van der Waals surface area contributed by atoms with Crippen molar-refractivity contribution < 1.29 is 9.84 Å². The monoisotopic (exact) mass is 294 g/mol. The minimum absolute atomic E-state index is 0.202. The van der Waals surface area contributed by atoms with E-state index in [0.29, 0.717) is 5.02 Å². The number of methoxy groups -OCH3 is 1. The maximum Gasteiger partial charge on any atom is 0.118 e. The number of hydrogen-bond acceptors (Lipinski definition) is 3. The molecule has 1 N–H and O–H groups in total. The summed E-state index contributed by atoms with van der Waals surface area (Å²) >= 11 is 7.71. The average Bonchev–Trinajstić information content (AvgIpc) is 2.41. The number of benzene rings is 2. The number of hydrogen-bond donors (Lipinski definition) is 1. The molecule has 2 aromatic carbocycles. The van der Waals surface area contributed by atoms with Gasteiger partial charge in [-0.15, -0.1) is 11.8 Å². The van der Waals surface area contributed by atoms with Gasteiger partial charge in [-0.1, -0.05) is 23.7 Å². The van der Waals surface area contributed by atoms with Crippen LogP contribution in [0, 0.1) is 6.92 Å². The molecule has 0 spiro atoms. The summed E-state index contributed by atoms with van der Waals surface area (Å²) in [6, 6.07) is 11.3. The van der Waals surface area contributed by atoms with Gasteiger partial charge in [-0.2, -0.15) is 0 Å². The van der Waals surface area contributed by atoms with E-state index in [9.17, 15) is 5.11 Å². The van der Waals surface area contributed by atoms with Crippen LogP contribution in [-0.4, -0.2) is 12.2 Å². The first-order valence-electron chi connectivity index (χ1n) is 5.85. The molecule has 2 rings (SSSR count). The molecule has 0 saturated carbocycles. The molecule has 19 heavy (non-hydrogen) atoms. The van der Waals surface area contributed by atoms with Gasteiger partial charge in [-0.3, -0.25) is 0 Å². The molecule has 0 heterocycles. The van der Waals surface area contributed by atoms with E-state index in [1.54, 1.807) is 31.0 Å². The Morgan fingerprint density at radius 3 is 2.53 bits per heavy atom. The van der Waals surface area contributed by atoms with Gasteiger partial charge in [0.15, 0.2) is 0 Å². The molecular formula is C15H15ClO2S. The lowest BCUT2D eigenvalue weighted by molar-refractivity contribution is 0.414. The van der Waals surface area contributed by atoms with Gasteiger partial charge in [0.1, 0.15) is 11.5 Å². The standard InChI is InChI=1S/C15H15ClO2S/c1-10-14(16)7-12(17)8-15(10)19-9-11-3-5-13(18-2)6-4-11/h3-8,17H,9H2,1-2H3. The van der Waals surface area contributed by atoms with Gasteiger partial charge >= 0.3 is 0 Å². The first-order valence-corrected chi connectivity index (χ1v) is 7.21. The van der Waals surface area contributed by atoms with Crippen LogP contribution in [0.15, 0.2) is 41.3 Å². The van der Waals surface area contributed by atoms with E-state index in [1.165, 1.54) is 5.56 Å². The molecular weight excluding hydrogens is 280 g/mol. The van der Waals surface area contributed by atoms with E-state index < -0.39 is 0 Å². The van der Waals surface area contributed by atoms with Crippen molar-refractivity contribution in [3.63, 3.8) is 0 Å². The summed E-state index contributed by atoms with van der Waals surface area (Å²) in [6.45, 7) is 1.96. The molecule has 0 bridgehead atoms. The minimum atomic E-state index is 0.202. The Hall–Kier alpha value is -1.32. The zero-order chi connectivity index (χ0) is 13.8. The predicted octanol–water partition coefficient (Wildman–Crippen LogP) is 4.65. The SMILES string of the molecule is COc1ccc(CSc2cc(O)cc(Cl)c2C)cc1. The summed E-state index contributed by atoms with van der Waals surface area (Å²) in [7, 11) is 1.65. The molecule has 4 heteroatoms. The van der Waals surface area contributed by atoms with Crippen molar-refractivity contribution >= 4 is 23.4 Å². The Morgan fingerprint density at radius 2 is 1.89 bits per heavy atom. The zero-order valence-corrected chi connectivity index (χ0v) is 12.4. The van der Waals surface area contributed by atoms with Crippen molar-refractivity contribution in [2.75, 3.05) is 7.11 Å². The third-order valence-corrected chi connectivity index (χ3v) is 4.44. The number of thioether (sulfide) groups is 1. The molecule has 0 aliphatic rings. The Kier molecular flexibility index (Phi) is 4.61. The fourth-order valence-corrected chi connectivity index (χ4v) is 2.99. The highest BCUT2D eigenvalue weighted by molar-refractivity contribution is 7.98. The number of rotatable bonds is 4. The molecule has 0 radical (unpaired) electrons. The van der Waals surface area contributed by atoms with Crippen LogP contribution in [-0.2, 0) is 5.75 Å². The maximum absolute atomic E-state index is 9.57. The summed E-state index contributed by atoms with van der Waals surface area (Å²) in [4.78, 5) is 1.00. The van der Waals surface area contributed by atoms with E-state index in [4.69, 9.17) is 16.3 Å². The van der Waals surface area contributed by atoms with Gasteiger partial charge < -0.3 is 9.84 Å². The Balaban J connectivity index is 2.09. The third kappa shape index (κ3) is 3.58. The van der Waals surface area contributed by atoms with Crippen LogP contribution in [0.4, 0.5) is 0 Å². The summed E-state index contributed by atoms with van der Waals surface area (Å²) < 4.78 is 5.13. The van der Waals surface area contributed by atoms with Gasteiger partial charge in [0.05, 0.1) is 7.11 Å². The van der Waals surface area contributed by atoms with Gasteiger partial charge in [-0.25, -0.2) is 0 Å². The first kappa shape index (κ1) is 14.1. The molecule has 0 amide bonds. The number of halogens is 1. The minimum Gasteiger partial charge on any atom is -0.508 e. The second kappa shape index (κ2) is 6.22. The molecule has 2 nitrogen and oxygen atoms in total. The van der Waals surface area contributed by atoms with Crippen LogP contribution in [0.1, 0.15) is 11.1 Å². The van der Waals surface area contributed by atoms with Crippen LogP contribution in [0.2, 0.25) is 5.02 Å².